The first-order valence-corrected chi connectivity index (χ1v) is 10.3. The average molecular weight is 398 g/mol. The summed E-state index contributed by atoms with van der Waals surface area (Å²) in [6.07, 6.45) is 1.82. The smallest absolute Gasteiger partial charge is 0.252 e. The molecule has 2 N–H and O–H groups in total. The molecular formula is C23H27FN2O3. The van der Waals surface area contributed by atoms with Crippen molar-refractivity contribution in [3.8, 4) is 0 Å². The van der Waals surface area contributed by atoms with Crippen LogP contribution in [-0.4, -0.2) is 54.4 Å². The van der Waals surface area contributed by atoms with E-state index in [4.69, 9.17) is 9.84 Å². The Hall–Kier alpha value is -2.28. The summed E-state index contributed by atoms with van der Waals surface area (Å²) in [5.74, 6) is -0.290. The molecule has 1 fully saturated rings. The number of hydrogen-bond acceptors (Lipinski definition) is 4. The van der Waals surface area contributed by atoms with Crippen molar-refractivity contribution in [1.29, 1.82) is 0 Å². The third kappa shape index (κ3) is 4.34. The van der Waals surface area contributed by atoms with Crippen molar-refractivity contribution in [2.75, 3.05) is 26.3 Å². The van der Waals surface area contributed by atoms with Gasteiger partial charge in [-0.15, -0.1) is 0 Å². The van der Waals surface area contributed by atoms with Crippen molar-refractivity contribution < 1.29 is 19.0 Å². The minimum Gasteiger partial charge on any atom is -0.395 e. The number of halogens is 1. The van der Waals surface area contributed by atoms with Crippen LogP contribution in [-0.2, 0) is 16.0 Å². The number of hydrogen-bond donors (Lipinski definition) is 2. The number of rotatable bonds is 5. The lowest BCUT2D eigenvalue weighted by Crippen LogP contribution is -2.50. The van der Waals surface area contributed by atoms with Crippen LogP contribution < -0.4 is 5.32 Å². The molecule has 1 saturated heterocycles. The van der Waals surface area contributed by atoms with Crippen molar-refractivity contribution in [3.63, 3.8) is 0 Å². The molecule has 0 saturated carbocycles. The van der Waals surface area contributed by atoms with E-state index < -0.39 is 6.10 Å². The minimum absolute atomic E-state index is 0.00515. The Morgan fingerprint density at radius 2 is 1.97 bits per heavy atom. The summed E-state index contributed by atoms with van der Waals surface area (Å²) in [6.45, 7) is 1.69. The van der Waals surface area contributed by atoms with E-state index in [1.807, 2.05) is 17.0 Å². The quantitative estimate of drug-likeness (QED) is 0.812. The molecule has 1 amide bonds. The van der Waals surface area contributed by atoms with Gasteiger partial charge in [0, 0.05) is 19.1 Å². The van der Waals surface area contributed by atoms with Crippen LogP contribution in [0, 0.1) is 5.82 Å². The van der Waals surface area contributed by atoms with Crippen molar-refractivity contribution in [1.82, 2.24) is 10.2 Å². The first kappa shape index (κ1) is 20.0. The number of benzene rings is 2. The fourth-order valence-corrected chi connectivity index (χ4v) is 4.37. The molecule has 2 aromatic rings. The van der Waals surface area contributed by atoms with Crippen LogP contribution in [0.4, 0.5) is 4.39 Å². The number of carbonyl (C=O) groups excluding carboxylic acids is 1. The van der Waals surface area contributed by atoms with Gasteiger partial charge in [0.2, 0.25) is 0 Å². The first-order valence-electron chi connectivity index (χ1n) is 10.3. The van der Waals surface area contributed by atoms with Gasteiger partial charge in [-0.05, 0) is 48.1 Å². The van der Waals surface area contributed by atoms with Crippen molar-refractivity contribution in [2.24, 2.45) is 0 Å². The molecule has 0 bridgehead atoms. The lowest BCUT2D eigenvalue weighted by molar-refractivity contribution is -0.149. The lowest BCUT2D eigenvalue weighted by atomic mass is 9.87. The third-order valence-corrected chi connectivity index (χ3v) is 5.85. The summed E-state index contributed by atoms with van der Waals surface area (Å²) < 4.78 is 19.4. The largest absolute Gasteiger partial charge is 0.395 e. The highest BCUT2D eigenvalue weighted by Gasteiger charge is 2.37. The van der Waals surface area contributed by atoms with Gasteiger partial charge >= 0.3 is 0 Å². The lowest BCUT2D eigenvalue weighted by Gasteiger charge is -2.40. The second-order valence-corrected chi connectivity index (χ2v) is 7.71. The van der Waals surface area contributed by atoms with Gasteiger partial charge in [0.05, 0.1) is 19.3 Å². The topological polar surface area (TPSA) is 61.8 Å². The third-order valence-electron chi connectivity index (χ3n) is 5.85. The monoisotopic (exact) mass is 398 g/mol. The SMILES string of the molecule is O=C([C@@H]1CC[C@@H](NCCO)CO1)N1CCc2ccccc2[C@@H]1c1ccc(F)cc1. The van der Waals surface area contributed by atoms with Gasteiger partial charge < -0.3 is 20.1 Å². The highest BCUT2D eigenvalue weighted by Crippen LogP contribution is 2.36. The van der Waals surface area contributed by atoms with E-state index >= 15 is 0 Å². The molecule has 2 aromatic carbocycles. The molecule has 2 aliphatic heterocycles. The van der Waals surface area contributed by atoms with E-state index in [2.05, 4.69) is 17.4 Å². The van der Waals surface area contributed by atoms with Crippen LogP contribution in [0.25, 0.3) is 0 Å². The zero-order valence-electron chi connectivity index (χ0n) is 16.4. The summed E-state index contributed by atoms with van der Waals surface area (Å²) in [6, 6.07) is 14.5. The van der Waals surface area contributed by atoms with Crippen LogP contribution in [0.3, 0.4) is 0 Å². The molecule has 0 unspecified atom stereocenters. The van der Waals surface area contributed by atoms with Crippen LogP contribution in [0.2, 0.25) is 0 Å². The summed E-state index contributed by atoms with van der Waals surface area (Å²) in [4.78, 5) is 15.3. The normalized spacial score (nSPS) is 24.2. The maximum Gasteiger partial charge on any atom is 0.252 e. The van der Waals surface area contributed by atoms with Gasteiger partial charge in [0.1, 0.15) is 11.9 Å². The van der Waals surface area contributed by atoms with Gasteiger partial charge in [0.25, 0.3) is 5.91 Å². The molecule has 154 valence electrons. The standard InChI is InChI=1S/C23H27FN2O3/c24-18-7-5-17(6-8-18)22-20-4-2-1-3-16(20)11-13-26(22)23(28)21-10-9-19(15-29-21)25-12-14-27/h1-8,19,21-22,25,27H,9-15H2/t19-,21+,22+/m1/s1. The predicted octanol–water partition coefficient (Wildman–Crippen LogP) is 2.43. The van der Waals surface area contributed by atoms with Crippen LogP contribution in [0.15, 0.2) is 48.5 Å². The first-order chi connectivity index (χ1) is 14.2. The summed E-state index contributed by atoms with van der Waals surface area (Å²) in [5.41, 5.74) is 3.23. The molecule has 6 heteroatoms. The number of amides is 1. The van der Waals surface area contributed by atoms with E-state index in [1.165, 1.54) is 17.7 Å². The Morgan fingerprint density at radius 3 is 2.69 bits per heavy atom. The Bertz CT molecular complexity index is 834. The number of nitrogens with zero attached hydrogens (tertiary/aromatic N) is 1. The second-order valence-electron chi connectivity index (χ2n) is 7.71. The van der Waals surface area contributed by atoms with E-state index in [0.29, 0.717) is 26.1 Å². The maximum atomic E-state index is 13.5. The van der Waals surface area contributed by atoms with E-state index in [-0.39, 0.29) is 30.4 Å². The molecule has 2 aliphatic rings. The van der Waals surface area contributed by atoms with E-state index in [1.54, 1.807) is 12.1 Å². The molecule has 0 radical (unpaired) electrons. The number of ether oxygens (including phenoxy) is 1. The molecule has 2 heterocycles. The maximum absolute atomic E-state index is 13.5. The molecular weight excluding hydrogens is 371 g/mol. The highest BCUT2D eigenvalue weighted by atomic mass is 19.1. The van der Waals surface area contributed by atoms with Crippen molar-refractivity contribution >= 4 is 5.91 Å². The summed E-state index contributed by atoms with van der Waals surface area (Å²) >= 11 is 0. The Kier molecular flexibility index (Phi) is 6.23. The summed E-state index contributed by atoms with van der Waals surface area (Å²) in [5, 5.41) is 12.2. The second kappa shape index (κ2) is 9.03. The zero-order chi connectivity index (χ0) is 20.2. The van der Waals surface area contributed by atoms with Crippen LogP contribution in [0.5, 0.6) is 0 Å². The van der Waals surface area contributed by atoms with Crippen LogP contribution in [0.1, 0.15) is 35.6 Å². The van der Waals surface area contributed by atoms with E-state index in [9.17, 15) is 9.18 Å². The van der Waals surface area contributed by atoms with Gasteiger partial charge in [-0.2, -0.15) is 0 Å². The Balaban J connectivity index is 1.55. The molecule has 3 atom stereocenters. The number of carbonyl (C=O) groups is 1. The van der Waals surface area contributed by atoms with Crippen molar-refractivity contribution in [3.05, 3.63) is 71.0 Å². The van der Waals surface area contributed by atoms with Crippen LogP contribution >= 0.6 is 0 Å². The molecule has 0 spiro atoms. The Labute approximate surface area is 170 Å². The van der Waals surface area contributed by atoms with Gasteiger partial charge in [-0.3, -0.25) is 4.79 Å². The molecule has 4 rings (SSSR count). The number of aliphatic hydroxyl groups is 1. The number of nitrogens with one attached hydrogen (secondary N) is 1. The number of fused-ring (bicyclic) bond motifs is 1. The van der Waals surface area contributed by atoms with Gasteiger partial charge in [-0.1, -0.05) is 36.4 Å². The molecule has 0 aromatic heterocycles. The zero-order valence-corrected chi connectivity index (χ0v) is 16.4. The molecule has 5 nitrogen and oxygen atoms in total. The Morgan fingerprint density at radius 1 is 1.17 bits per heavy atom. The highest BCUT2D eigenvalue weighted by molar-refractivity contribution is 5.82. The number of aliphatic hydroxyl groups excluding tert-OH is 1. The molecule has 0 aliphatic carbocycles. The predicted molar refractivity (Wildman–Crippen MR) is 108 cm³/mol. The fourth-order valence-electron chi connectivity index (χ4n) is 4.37. The average Bonchev–Trinajstić information content (AvgIpc) is 2.77. The fraction of sp³-hybridized carbons (Fsp3) is 0.435. The van der Waals surface area contributed by atoms with Crippen molar-refractivity contribution in [2.45, 2.75) is 37.5 Å². The minimum atomic E-state index is -0.463. The molecule has 29 heavy (non-hydrogen) atoms. The van der Waals surface area contributed by atoms with E-state index in [0.717, 1.165) is 24.0 Å². The summed E-state index contributed by atoms with van der Waals surface area (Å²) in [7, 11) is 0. The van der Waals surface area contributed by atoms with Gasteiger partial charge in [0.15, 0.2) is 0 Å². The van der Waals surface area contributed by atoms with Gasteiger partial charge in [-0.25, -0.2) is 4.39 Å².